The minimum absolute atomic E-state index is 0.0351. The maximum Gasteiger partial charge on any atom is 0.257 e. The number of hydrogen-bond donors (Lipinski definition) is 0. The molecule has 140 valence electrons. The molecule has 0 bridgehead atoms. The maximum absolute atomic E-state index is 13.4. The summed E-state index contributed by atoms with van der Waals surface area (Å²) in [5.74, 6) is -0.0351. The molecule has 1 aromatic carbocycles. The van der Waals surface area contributed by atoms with E-state index in [1.165, 1.54) is 0 Å². The third kappa shape index (κ3) is 3.45. The van der Waals surface area contributed by atoms with Gasteiger partial charge in [-0.3, -0.25) is 9.20 Å². The molecular formula is C21H24N4O2. The lowest BCUT2D eigenvalue weighted by atomic mass is 9.87. The molecule has 0 N–H and O–H groups in total. The summed E-state index contributed by atoms with van der Waals surface area (Å²) in [6.45, 7) is 7.51. The zero-order valence-corrected chi connectivity index (χ0v) is 15.9. The Morgan fingerprint density at radius 2 is 1.89 bits per heavy atom. The van der Waals surface area contributed by atoms with Crippen molar-refractivity contribution in [2.75, 3.05) is 13.1 Å². The van der Waals surface area contributed by atoms with Gasteiger partial charge in [-0.2, -0.15) is 0 Å². The molecule has 1 aliphatic heterocycles. The summed E-state index contributed by atoms with van der Waals surface area (Å²) in [5, 5.41) is 8.04. The fraction of sp³-hybridized carbons (Fsp3) is 0.381. The summed E-state index contributed by atoms with van der Waals surface area (Å²) in [5.41, 5.74) is 2.16. The number of ether oxygens (including phenoxy) is 1. The maximum atomic E-state index is 13.4. The number of pyridine rings is 1. The molecule has 1 saturated heterocycles. The summed E-state index contributed by atoms with van der Waals surface area (Å²) in [7, 11) is 0. The molecular weight excluding hydrogens is 340 g/mol. The number of morpholine rings is 1. The van der Waals surface area contributed by atoms with Crippen molar-refractivity contribution in [3.8, 4) is 0 Å². The van der Waals surface area contributed by atoms with Crippen LogP contribution in [-0.2, 0) is 4.74 Å². The lowest BCUT2D eigenvalue weighted by Crippen LogP contribution is -2.51. The quantitative estimate of drug-likeness (QED) is 0.700. The summed E-state index contributed by atoms with van der Waals surface area (Å²) < 4.78 is 8.17. The molecule has 27 heavy (non-hydrogen) atoms. The molecule has 0 spiro atoms. The first kappa shape index (κ1) is 17.7. The van der Waals surface area contributed by atoms with Gasteiger partial charge in [-0.1, -0.05) is 51.1 Å². The van der Waals surface area contributed by atoms with Gasteiger partial charge >= 0.3 is 0 Å². The number of benzene rings is 1. The number of fused-ring (bicyclic) bond motifs is 1. The van der Waals surface area contributed by atoms with Gasteiger partial charge in [-0.25, -0.2) is 0 Å². The minimum atomic E-state index is -0.147. The Balaban J connectivity index is 1.68. The monoisotopic (exact) mass is 364 g/mol. The highest BCUT2D eigenvalue weighted by Crippen LogP contribution is 2.34. The van der Waals surface area contributed by atoms with Crippen LogP contribution >= 0.6 is 0 Å². The van der Waals surface area contributed by atoms with Crippen molar-refractivity contribution >= 4 is 11.6 Å². The lowest BCUT2D eigenvalue weighted by Gasteiger charge is -2.43. The van der Waals surface area contributed by atoms with E-state index in [-0.39, 0.29) is 23.5 Å². The SMILES string of the molecule is CC(C)(C)[C@H]1CN(C(=O)c2cccn3cnnc23)C[C@@H](c2ccccc2)O1. The average Bonchev–Trinajstić information content (AvgIpc) is 3.16. The normalized spacial score (nSPS) is 20.8. The zero-order chi connectivity index (χ0) is 19.0. The molecule has 0 saturated carbocycles. The Kier molecular flexibility index (Phi) is 4.44. The van der Waals surface area contributed by atoms with E-state index in [9.17, 15) is 4.79 Å². The third-order valence-corrected chi connectivity index (χ3v) is 5.08. The zero-order valence-electron chi connectivity index (χ0n) is 15.9. The number of hydrogen-bond acceptors (Lipinski definition) is 4. The van der Waals surface area contributed by atoms with Crippen molar-refractivity contribution in [2.45, 2.75) is 33.0 Å². The largest absolute Gasteiger partial charge is 0.366 e. The average molecular weight is 364 g/mol. The molecule has 4 rings (SSSR count). The van der Waals surface area contributed by atoms with Crippen LogP contribution in [0.15, 0.2) is 55.0 Å². The van der Waals surface area contributed by atoms with Gasteiger partial charge in [0.05, 0.1) is 18.2 Å². The Labute approximate surface area is 158 Å². The molecule has 6 nitrogen and oxygen atoms in total. The minimum Gasteiger partial charge on any atom is -0.366 e. The smallest absolute Gasteiger partial charge is 0.257 e. The summed E-state index contributed by atoms with van der Waals surface area (Å²) in [4.78, 5) is 15.2. The van der Waals surface area contributed by atoms with Gasteiger partial charge in [-0.15, -0.1) is 10.2 Å². The van der Waals surface area contributed by atoms with Crippen LogP contribution < -0.4 is 0 Å². The van der Waals surface area contributed by atoms with E-state index >= 15 is 0 Å². The van der Waals surface area contributed by atoms with Crippen LogP contribution in [0.3, 0.4) is 0 Å². The molecule has 3 aromatic rings. The van der Waals surface area contributed by atoms with Crippen molar-refractivity contribution in [1.82, 2.24) is 19.5 Å². The predicted octanol–water partition coefficient (Wildman–Crippen LogP) is 3.36. The number of carbonyl (C=O) groups excluding carboxylic acids is 1. The Morgan fingerprint density at radius 1 is 1.11 bits per heavy atom. The first-order valence-corrected chi connectivity index (χ1v) is 9.21. The molecule has 3 heterocycles. The highest BCUT2D eigenvalue weighted by atomic mass is 16.5. The van der Waals surface area contributed by atoms with Crippen LogP contribution in [0.5, 0.6) is 0 Å². The van der Waals surface area contributed by atoms with E-state index in [4.69, 9.17) is 4.74 Å². The van der Waals surface area contributed by atoms with E-state index in [1.54, 1.807) is 10.7 Å². The van der Waals surface area contributed by atoms with Crippen LogP contribution in [0.25, 0.3) is 5.65 Å². The highest BCUT2D eigenvalue weighted by Gasteiger charge is 2.38. The van der Waals surface area contributed by atoms with Crippen molar-refractivity contribution in [3.05, 3.63) is 66.1 Å². The molecule has 2 aromatic heterocycles. The fourth-order valence-corrected chi connectivity index (χ4v) is 3.44. The van der Waals surface area contributed by atoms with Gasteiger partial charge in [0.25, 0.3) is 5.91 Å². The number of rotatable bonds is 2. The fourth-order valence-electron chi connectivity index (χ4n) is 3.44. The third-order valence-electron chi connectivity index (χ3n) is 5.08. The van der Waals surface area contributed by atoms with Crippen molar-refractivity contribution < 1.29 is 9.53 Å². The van der Waals surface area contributed by atoms with E-state index in [0.29, 0.717) is 24.3 Å². The molecule has 1 amide bonds. The lowest BCUT2D eigenvalue weighted by molar-refractivity contribution is -0.119. The van der Waals surface area contributed by atoms with Crippen molar-refractivity contribution in [3.63, 3.8) is 0 Å². The van der Waals surface area contributed by atoms with Gasteiger partial charge < -0.3 is 9.64 Å². The van der Waals surface area contributed by atoms with Crippen LogP contribution in [0.2, 0.25) is 0 Å². The van der Waals surface area contributed by atoms with Gasteiger partial charge in [0, 0.05) is 12.7 Å². The Hall–Kier alpha value is -2.73. The number of nitrogens with zero attached hydrogens (tertiary/aromatic N) is 4. The molecule has 1 fully saturated rings. The second-order valence-electron chi connectivity index (χ2n) is 8.08. The number of amides is 1. The van der Waals surface area contributed by atoms with Gasteiger partial charge in [0.2, 0.25) is 0 Å². The van der Waals surface area contributed by atoms with Crippen LogP contribution in [0.1, 0.15) is 42.8 Å². The Bertz CT molecular complexity index is 945. The van der Waals surface area contributed by atoms with Crippen LogP contribution in [0.4, 0.5) is 0 Å². The van der Waals surface area contributed by atoms with Gasteiger partial charge in [0.15, 0.2) is 5.65 Å². The predicted molar refractivity (Wildman–Crippen MR) is 102 cm³/mol. The van der Waals surface area contributed by atoms with Crippen LogP contribution in [-0.4, -0.2) is 44.6 Å². The molecule has 0 unspecified atom stereocenters. The van der Waals surface area contributed by atoms with E-state index < -0.39 is 0 Å². The summed E-state index contributed by atoms with van der Waals surface area (Å²) >= 11 is 0. The molecule has 2 atom stereocenters. The van der Waals surface area contributed by atoms with Gasteiger partial charge in [-0.05, 0) is 23.1 Å². The van der Waals surface area contributed by atoms with Crippen molar-refractivity contribution in [1.29, 1.82) is 0 Å². The van der Waals surface area contributed by atoms with Gasteiger partial charge in [0.1, 0.15) is 12.4 Å². The molecule has 0 aliphatic carbocycles. The second-order valence-corrected chi connectivity index (χ2v) is 8.08. The van der Waals surface area contributed by atoms with E-state index in [2.05, 4.69) is 43.1 Å². The van der Waals surface area contributed by atoms with Crippen molar-refractivity contribution in [2.24, 2.45) is 5.41 Å². The van der Waals surface area contributed by atoms with E-state index in [1.807, 2.05) is 41.4 Å². The summed E-state index contributed by atoms with van der Waals surface area (Å²) in [6.07, 6.45) is 3.25. The first-order valence-electron chi connectivity index (χ1n) is 9.21. The van der Waals surface area contributed by atoms with E-state index in [0.717, 1.165) is 5.56 Å². The topological polar surface area (TPSA) is 59.7 Å². The summed E-state index contributed by atoms with van der Waals surface area (Å²) in [6, 6.07) is 13.8. The Morgan fingerprint density at radius 3 is 2.63 bits per heavy atom. The number of aromatic nitrogens is 3. The molecule has 6 heteroatoms. The molecule has 1 aliphatic rings. The number of carbonyl (C=O) groups is 1. The molecule has 0 radical (unpaired) electrons. The first-order chi connectivity index (χ1) is 12.9. The van der Waals surface area contributed by atoms with Crippen LogP contribution in [0, 0.1) is 5.41 Å². The second kappa shape index (κ2) is 6.78. The standard InChI is InChI=1S/C21H24N4O2/c1-21(2,3)18-13-25(12-17(27-18)15-8-5-4-6-9-15)20(26)16-10-7-11-24-14-22-23-19(16)24/h4-11,14,17-18H,12-13H2,1-3H3/t17-,18+/m0/s1. The highest BCUT2D eigenvalue weighted by molar-refractivity contribution is 5.99.